The van der Waals surface area contributed by atoms with Crippen LogP contribution in [-0.4, -0.2) is 61.4 Å². The Kier molecular flexibility index (Phi) is 5.50. The van der Waals surface area contributed by atoms with Crippen LogP contribution in [0.25, 0.3) is 0 Å². The lowest BCUT2D eigenvalue weighted by molar-refractivity contribution is -0.138. The molecule has 1 aliphatic rings. The minimum Gasteiger partial charge on any atom is -0.341 e. The van der Waals surface area contributed by atoms with E-state index in [1.54, 1.807) is 11.9 Å². The maximum absolute atomic E-state index is 11.8. The van der Waals surface area contributed by atoms with Crippen LogP contribution < -0.4 is 5.32 Å². The highest BCUT2D eigenvalue weighted by Gasteiger charge is 2.20. The molecule has 1 saturated heterocycles. The number of nitrogens with zero attached hydrogens (tertiary/aromatic N) is 2. The van der Waals surface area contributed by atoms with Gasteiger partial charge in [0.25, 0.3) is 0 Å². The molecule has 0 bridgehead atoms. The molecule has 0 spiro atoms. The molecule has 17 heavy (non-hydrogen) atoms. The maximum atomic E-state index is 11.8. The van der Waals surface area contributed by atoms with E-state index in [1.165, 1.54) is 4.90 Å². The highest BCUT2D eigenvalue weighted by atomic mass is 16.2. The van der Waals surface area contributed by atoms with Crippen LogP contribution >= 0.6 is 0 Å². The van der Waals surface area contributed by atoms with Gasteiger partial charge >= 0.3 is 0 Å². The van der Waals surface area contributed by atoms with Gasteiger partial charge in [-0.25, -0.2) is 0 Å². The molecule has 1 heterocycles. The summed E-state index contributed by atoms with van der Waals surface area (Å²) in [5.41, 5.74) is 0. The first-order valence-corrected chi connectivity index (χ1v) is 5.81. The van der Waals surface area contributed by atoms with Gasteiger partial charge in [-0.05, 0) is 12.8 Å². The molecule has 0 unspecified atom stereocenters. The molecule has 0 aliphatic carbocycles. The largest absolute Gasteiger partial charge is 0.341 e. The average molecular weight is 237 g/mol. The summed E-state index contributed by atoms with van der Waals surface area (Å²) in [6.07, 6.45) is 7.18. The van der Waals surface area contributed by atoms with E-state index < -0.39 is 0 Å². The zero-order valence-electron chi connectivity index (χ0n) is 10.2. The molecule has 1 N–H and O–H groups in total. The van der Waals surface area contributed by atoms with Gasteiger partial charge in [0.15, 0.2) is 0 Å². The van der Waals surface area contributed by atoms with Crippen LogP contribution in [0.15, 0.2) is 0 Å². The third-order valence-corrected chi connectivity index (χ3v) is 2.76. The first-order chi connectivity index (χ1) is 8.15. The summed E-state index contributed by atoms with van der Waals surface area (Å²) in [6, 6.07) is 0. The van der Waals surface area contributed by atoms with Crippen molar-refractivity contribution in [3.05, 3.63) is 0 Å². The summed E-state index contributed by atoms with van der Waals surface area (Å²) in [5, 5.41) is 2.81. The van der Waals surface area contributed by atoms with Gasteiger partial charge in [0, 0.05) is 20.1 Å². The van der Waals surface area contributed by atoms with Crippen molar-refractivity contribution in [1.82, 2.24) is 15.1 Å². The van der Waals surface area contributed by atoms with E-state index in [2.05, 4.69) is 11.2 Å². The molecule has 0 aromatic rings. The molecule has 0 saturated carbocycles. The number of likely N-dealkylation sites (tertiary alicyclic amines) is 1. The van der Waals surface area contributed by atoms with Crippen LogP contribution in [0.4, 0.5) is 0 Å². The van der Waals surface area contributed by atoms with Gasteiger partial charge in [0.2, 0.25) is 11.8 Å². The number of terminal acetylenes is 1. The molecular weight excluding hydrogens is 218 g/mol. The Bertz CT molecular complexity index is 316. The predicted octanol–water partition coefficient (Wildman–Crippen LogP) is -0.710. The van der Waals surface area contributed by atoms with Crippen molar-refractivity contribution in [3.63, 3.8) is 0 Å². The van der Waals surface area contributed by atoms with Crippen molar-refractivity contribution in [2.75, 3.05) is 39.8 Å². The Morgan fingerprint density at radius 1 is 1.41 bits per heavy atom. The van der Waals surface area contributed by atoms with Gasteiger partial charge in [-0.1, -0.05) is 5.92 Å². The van der Waals surface area contributed by atoms with E-state index in [0.717, 1.165) is 25.9 Å². The minimum absolute atomic E-state index is 0.0234. The highest BCUT2D eigenvalue weighted by Crippen LogP contribution is 2.07. The SMILES string of the molecule is C#CCNCC(=O)N(C)CC(=O)N1CCCC1. The summed E-state index contributed by atoms with van der Waals surface area (Å²) >= 11 is 0. The number of nitrogens with one attached hydrogen (secondary N) is 1. The first-order valence-electron chi connectivity index (χ1n) is 5.81. The van der Waals surface area contributed by atoms with Crippen molar-refractivity contribution < 1.29 is 9.59 Å². The van der Waals surface area contributed by atoms with Crippen molar-refractivity contribution in [1.29, 1.82) is 0 Å². The van der Waals surface area contributed by atoms with Crippen LogP contribution in [-0.2, 0) is 9.59 Å². The third-order valence-electron chi connectivity index (χ3n) is 2.76. The fourth-order valence-corrected chi connectivity index (χ4v) is 1.73. The summed E-state index contributed by atoms with van der Waals surface area (Å²) in [4.78, 5) is 26.6. The zero-order chi connectivity index (χ0) is 12.7. The van der Waals surface area contributed by atoms with Gasteiger partial charge in [-0.3, -0.25) is 14.9 Å². The van der Waals surface area contributed by atoms with E-state index in [1.807, 2.05) is 0 Å². The number of likely N-dealkylation sites (N-methyl/N-ethyl adjacent to an activating group) is 1. The second kappa shape index (κ2) is 6.92. The monoisotopic (exact) mass is 237 g/mol. The Balaban J connectivity index is 2.27. The standard InChI is InChI=1S/C12H19N3O2/c1-3-6-13-9-11(16)14(2)10-12(17)15-7-4-5-8-15/h1,13H,4-10H2,2H3. The van der Waals surface area contributed by atoms with E-state index in [-0.39, 0.29) is 24.9 Å². The highest BCUT2D eigenvalue weighted by molar-refractivity contribution is 5.85. The van der Waals surface area contributed by atoms with Crippen LogP contribution in [0.3, 0.4) is 0 Å². The molecule has 94 valence electrons. The molecule has 5 heteroatoms. The normalized spacial score (nSPS) is 14.5. The smallest absolute Gasteiger partial charge is 0.242 e. The van der Waals surface area contributed by atoms with Crippen LogP contribution in [0.2, 0.25) is 0 Å². The van der Waals surface area contributed by atoms with Gasteiger partial charge in [0.05, 0.1) is 19.6 Å². The summed E-state index contributed by atoms with van der Waals surface area (Å²) < 4.78 is 0. The molecule has 1 rings (SSSR count). The zero-order valence-corrected chi connectivity index (χ0v) is 10.2. The Morgan fingerprint density at radius 3 is 2.65 bits per heavy atom. The van der Waals surface area contributed by atoms with E-state index in [4.69, 9.17) is 6.42 Å². The second-order valence-electron chi connectivity index (χ2n) is 4.15. The summed E-state index contributed by atoms with van der Waals surface area (Å²) in [6.45, 7) is 2.32. The lowest BCUT2D eigenvalue weighted by atomic mass is 10.4. The number of hydrogen-bond donors (Lipinski definition) is 1. The lowest BCUT2D eigenvalue weighted by Gasteiger charge is -2.21. The lowest BCUT2D eigenvalue weighted by Crippen LogP contribution is -2.42. The molecule has 5 nitrogen and oxygen atoms in total. The van der Waals surface area contributed by atoms with Gasteiger partial charge in [0.1, 0.15) is 0 Å². The topological polar surface area (TPSA) is 52.7 Å². The molecule has 1 fully saturated rings. The quantitative estimate of drug-likeness (QED) is 0.508. The average Bonchev–Trinajstić information content (AvgIpc) is 2.82. The predicted molar refractivity (Wildman–Crippen MR) is 65.2 cm³/mol. The van der Waals surface area contributed by atoms with Crippen LogP contribution in [0.1, 0.15) is 12.8 Å². The summed E-state index contributed by atoms with van der Waals surface area (Å²) in [5.74, 6) is 2.30. The number of hydrogen-bond acceptors (Lipinski definition) is 3. The number of carbonyl (C=O) groups is 2. The Morgan fingerprint density at radius 2 is 2.06 bits per heavy atom. The summed E-state index contributed by atoms with van der Waals surface area (Å²) in [7, 11) is 1.63. The minimum atomic E-state index is -0.118. The maximum Gasteiger partial charge on any atom is 0.242 e. The molecule has 0 radical (unpaired) electrons. The fraction of sp³-hybridized carbons (Fsp3) is 0.667. The number of rotatable bonds is 5. The molecule has 1 aliphatic heterocycles. The van der Waals surface area contributed by atoms with Crippen molar-refractivity contribution in [2.24, 2.45) is 0 Å². The number of amides is 2. The third kappa shape index (κ3) is 4.45. The van der Waals surface area contributed by atoms with E-state index >= 15 is 0 Å². The van der Waals surface area contributed by atoms with Gasteiger partial charge < -0.3 is 9.80 Å². The van der Waals surface area contributed by atoms with Gasteiger partial charge in [-0.15, -0.1) is 6.42 Å². The van der Waals surface area contributed by atoms with E-state index in [9.17, 15) is 9.59 Å². The molecule has 2 amide bonds. The second-order valence-corrected chi connectivity index (χ2v) is 4.15. The molecule has 0 atom stereocenters. The Hall–Kier alpha value is -1.54. The van der Waals surface area contributed by atoms with E-state index in [0.29, 0.717) is 6.54 Å². The fourth-order valence-electron chi connectivity index (χ4n) is 1.73. The van der Waals surface area contributed by atoms with Crippen molar-refractivity contribution in [2.45, 2.75) is 12.8 Å². The van der Waals surface area contributed by atoms with Crippen molar-refractivity contribution >= 4 is 11.8 Å². The Labute approximate surface area is 102 Å². The first kappa shape index (κ1) is 13.5. The molecule has 0 aromatic carbocycles. The number of carbonyl (C=O) groups excluding carboxylic acids is 2. The van der Waals surface area contributed by atoms with Crippen LogP contribution in [0.5, 0.6) is 0 Å². The molecule has 0 aromatic heterocycles. The van der Waals surface area contributed by atoms with Gasteiger partial charge in [-0.2, -0.15) is 0 Å². The molecular formula is C12H19N3O2. The van der Waals surface area contributed by atoms with Crippen LogP contribution in [0, 0.1) is 12.3 Å². The van der Waals surface area contributed by atoms with Crippen molar-refractivity contribution in [3.8, 4) is 12.3 Å².